The third kappa shape index (κ3) is 3.98. The molecule has 1 spiro atoms. The Labute approximate surface area is 158 Å². The fraction of sp³-hybridized carbons (Fsp3) is 0.600. The van der Waals surface area contributed by atoms with Crippen LogP contribution >= 0.6 is 0 Å². The zero-order valence-corrected chi connectivity index (χ0v) is 15.8. The Morgan fingerprint density at radius 2 is 1.85 bits per heavy atom. The van der Waals surface area contributed by atoms with Crippen molar-refractivity contribution in [3.05, 3.63) is 35.4 Å². The van der Waals surface area contributed by atoms with Crippen LogP contribution in [0.1, 0.15) is 56.3 Å². The molecule has 148 valence electrons. The largest absolute Gasteiger partial charge is 0.354 e. The maximum Gasteiger partial charge on any atom is 0.257 e. The third-order valence-corrected chi connectivity index (χ3v) is 5.50. The van der Waals surface area contributed by atoms with E-state index in [9.17, 15) is 18.4 Å². The summed E-state index contributed by atoms with van der Waals surface area (Å²) >= 11 is 0. The zero-order chi connectivity index (χ0) is 19.6. The molecule has 2 fully saturated rings. The maximum atomic E-state index is 13.7. The van der Waals surface area contributed by atoms with Gasteiger partial charge < -0.3 is 10.1 Å². The normalized spacial score (nSPS) is 27.8. The topological polar surface area (TPSA) is 58.6 Å². The molecule has 1 atom stereocenters. The van der Waals surface area contributed by atoms with Gasteiger partial charge in [-0.05, 0) is 50.2 Å². The molecule has 2 aliphatic rings. The standard InChI is InChI=1S/C20H26F2N2O3/c1-3-8-23-18(25)17-12-27-20(6-4-13(2)5-7-20)24(17)19(26)14-9-15(21)11-16(22)10-14/h9-11,13,17H,3-8,12H2,1-2H3,(H,23,25)/t13?,17-,20?/m1/s1. The number of hydrogen-bond acceptors (Lipinski definition) is 3. The summed E-state index contributed by atoms with van der Waals surface area (Å²) in [5.74, 6) is -2.00. The summed E-state index contributed by atoms with van der Waals surface area (Å²) in [5, 5.41) is 2.80. The molecular formula is C20H26F2N2O3. The van der Waals surface area contributed by atoms with Crippen LogP contribution in [-0.2, 0) is 9.53 Å². The van der Waals surface area contributed by atoms with E-state index in [4.69, 9.17) is 4.74 Å². The molecule has 1 aromatic rings. The van der Waals surface area contributed by atoms with Gasteiger partial charge in [-0.1, -0.05) is 13.8 Å². The maximum absolute atomic E-state index is 13.7. The number of halogens is 2. The van der Waals surface area contributed by atoms with Crippen molar-refractivity contribution in [2.75, 3.05) is 13.2 Å². The predicted octanol–water partition coefficient (Wildman–Crippen LogP) is 3.24. The lowest BCUT2D eigenvalue weighted by atomic mass is 9.83. The van der Waals surface area contributed by atoms with Crippen molar-refractivity contribution >= 4 is 11.8 Å². The Bertz CT molecular complexity index is 697. The number of carbonyl (C=O) groups excluding carboxylic acids is 2. The molecule has 0 radical (unpaired) electrons. The molecule has 0 unspecified atom stereocenters. The van der Waals surface area contributed by atoms with Gasteiger partial charge in [-0.3, -0.25) is 14.5 Å². The molecule has 1 saturated heterocycles. The van der Waals surface area contributed by atoms with Crippen LogP contribution < -0.4 is 5.32 Å². The van der Waals surface area contributed by atoms with Crippen LogP contribution in [0.2, 0.25) is 0 Å². The molecule has 5 nitrogen and oxygen atoms in total. The second kappa shape index (κ2) is 7.92. The van der Waals surface area contributed by atoms with Crippen LogP contribution in [0.3, 0.4) is 0 Å². The Balaban J connectivity index is 1.94. The fourth-order valence-electron chi connectivity index (χ4n) is 3.96. The number of benzene rings is 1. The van der Waals surface area contributed by atoms with Gasteiger partial charge in [0.1, 0.15) is 23.4 Å². The van der Waals surface area contributed by atoms with Crippen molar-refractivity contribution < 1.29 is 23.1 Å². The lowest BCUT2D eigenvalue weighted by Crippen LogP contribution is -2.56. The van der Waals surface area contributed by atoms with Gasteiger partial charge in [-0.25, -0.2) is 8.78 Å². The quantitative estimate of drug-likeness (QED) is 0.872. The Hall–Kier alpha value is -2.02. The number of nitrogens with zero attached hydrogens (tertiary/aromatic N) is 1. The van der Waals surface area contributed by atoms with E-state index in [0.29, 0.717) is 25.3 Å². The number of ether oxygens (including phenoxy) is 1. The number of amides is 2. The Morgan fingerprint density at radius 3 is 2.44 bits per heavy atom. The highest BCUT2D eigenvalue weighted by atomic mass is 19.1. The average Bonchev–Trinajstić information content (AvgIpc) is 3.00. The number of hydrogen-bond donors (Lipinski definition) is 1. The van der Waals surface area contributed by atoms with Crippen molar-refractivity contribution in [3.63, 3.8) is 0 Å². The molecular weight excluding hydrogens is 354 g/mol. The van der Waals surface area contributed by atoms with Crippen LogP contribution in [0.15, 0.2) is 18.2 Å². The molecule has 1 saturated carbocycles. The van der Waals surface area contributed by atoms with Crippen LogP contribution in [-0.4, -0.2) is 41.6 Å². The first-order chi connectivity index (χ1) is 12.9. The van der Waals surface area contributed by atoms with Gasteiger partial charge in [0.05, 0.1) is 6.61 Å². The number of carbonyl (C=O) groups is 2. The van der Waals surface area contributed by atoms with E-state index >= 15 is 0 Å². The smallest absolute Gasteiger partial charge is 0.257 e. The third-order valence-electron chi connectivity index (χ3n) is 5.50. The minimum atomic E-state index is -0.888. The number of rotatable bonds is 4. The van der Waals surface area contributed by atoms with E-state index in [1.807, 2.05) is 6.92 Å². The van der Waals surface area contributed by atoms with Gasteiger partial charge in [0.25, 0.3) is 5.91 Å². The summed E-state index contributed by atoms with van der Waals surface area (Å²) in [6.07, 6.45) is 3.71. The minimum absolute atomic E-state index is 0.0907. The zero-order valence-electron chi connectivity index (χ0n) is 15.8. The van der Waals surface area contributed by atoms with Gasteiger partial charge in [-0.2, -0.15) is 0 Å². The predicted molar refractivity (Wildman–Crippen MR) is 95.9 cm³/mol. The average molecular weight is 380 g/mol. The molecule has 1 aromatic carbocycles. The highest BCUT2D eigenvalue weighted by molar-refractivity contribution is 5.98. The van der Waals surface area contributed by atoms with E-state index in [0.717, 1.165) is 37.5 Å². The van der Waals surface area contributed by atoms with Crippen LogP contribution in [0.5, 0.6) is 0 Å². The summed E-state index contributed by atoms with van der Waals surface area (Å²) in [6, 6.07) is 1.93. The van der Waals surface area contributed by atoms with Crippen LogP contribution in [0.25, 0.3) is 0 Å². The fourth-order valence-corrected chi connectivity index (χ4v) is 3.96. The molecule has 2 amide bonds. The van der Waals surface area contributed by atoms with E-state index in [1.54, 1.807) is 0 Å². The second-order valence-corrected chi connectivity index (χ2v) is 7.58. The van der Waals surface area contributed by atoms with Gasteiger partial charge in [0.2, 0.25) is 5.91 Å². The van der Waals surface area contributed by atoms with Gasteiger partial charge in [0, 0.05) is 18.2 Å². The molecule has 1 heterocycles. The van der Waals surface area contributed by atoms with Gasteiger partial charge in [-0.15, -0.1) is 0 Å². The van der Waals surface area contributed by atoms with E-state index in [2.05, 4.69) is 12.2 Å². The van der Waals surface area contributed by atoms with Crippen LogP contribution in [0.4, 0.5) is 8.78 Å². The summed E-state index contributed by atoms with van der Waals surface area (Å²) in [5.41, 5.74) is -0.995. The number of nitrogens with one attached hydrogen (secondary N) is 1. The molecule has 1 aliphatic heterocycles. The molecule has 0 bridgehead atoms. The van der Waals surface area contributed by atoms with Crippen molar-refractivity contribution in [1.29, 1.82) is 0 Å². The Morgan fingerprint density at radius 1 is 1.22 bits per heavy atom. The van der Waals surface area contributed by atoms with Crippen LogP contribution in [0, 0.1) is 17.6 Å². The first kappa shape index (κ1) is 19.7. The summed E-state index contributed by atoms with van der Waals surface area (Å²) < 4.78 is 33.3. The SMILES string of the molecule is CCCNC(=O)[C@H]1COC2(CCC(C)CC2)N1C(=O)c1cc(F)cc(F)c1. The lowest BCUT2D eigenvalue weighted by molar-refractivity contribution is -0.127. The van der Waals surface area contributed by atoms with Crippen molar-refractivity contribution in [1.82, 2.24) is 10.2 Å². The molecule has 27 heavy (non-hydrogen) atoms. The first-order valence-electron chi connectivity index (χ1n) is 9.58. The summed E-state index contributed by atoms with van der Waals surface area (Å²) in [6.45, 7) is 4.67. The summed E-state index contributed by atoms with van der Waals surface area (Å²) in [7, 11) is 0. The molecule has 3 rings (SSSR count). The van der Waals surface area contributed by atoms with Crippen molar-refractivity contribution in [2.24, 2.45) is 5.92 Å². The first-order valence-corrected chi connectivity index (χ1v) is 9.58. The van der Waals surface area contributed by atoms with Gasteiger partial charge in [0.15, 0.2) is 0 Å². The highest BCUT2D eigenvalue weighted by Crippen LogP contribution is 2.43. The highest BCUT2D eigenvalue weighted by Gasteiger charge is 2.53. The van der Waals surface area contributed by atoms with E-state index in [1.165, 1.54) is 4.90 Å². The molecule has 1 N–H and O–H groups in total. The minimum Gasteiger partial charge on any atom is -0.354 e. The lowest BCUT2D eigenvalue weighted by Gasteiger charge is -2.43. The molecule has 1 aliphatic carbocycles. The molecule has 7 heteroatoms. The molecule has 0 aromatic heterocycles. The second-order valence-electron chi connectivity index (χ2n) is 7.58. The monoisotopic (exact) mass is 380 g/mol. The Kier molecular flexibility index (Phi) is 5.79. The summed E-state index contributed by atoms with van der Waals surface area (Å²) in [4.78, 5) is 27.3. The van der Waals surface area contributed by atoms with E-state index < -0.39 is 29.3 Å². The van der Waals surface area contributed by atoms with Crippen molar-refractivity contribution in [2.45, 2.75) is 57.7 Å². The van der Waals surface area contributed by atoms with Crippen molar-refractivity contribution in [3.8, 4) is 0 Å². The van der Waals surface area contributed by atoms with E-state index in [-0.39, 0.29) is 18.1 Å². The van der Waals surface area contributed by atoms with Gasteiger partial charge >= 0.3 is 0 Å².